The molecule has 0 aliphatic carbocycles. The quantitative estimate of drug-likeness (QED) is 0.138. The van der Waals surface area contributed by atoms with Crippen molar-refractivity contribution in [1.82, 2.24) is 25.3 Å². The molecule has 0 saturated carbocycles. The Morgan fingerprint density at radius 1 is 1.04 bits per heavy atom. The number of carbonyl (C=O) groups excluding carboxylic acids is 7. The van der Waals surface area contributed by atoms with Gasteiger partial charge in [-0.05, 0) is 64.6 Å². The van der Waals surface area contributed by atoms with Crippen molar-refractivity contribution in [1.29, 1.82) is 0 Å². The Morgan fingerprint density at radius 3 is 2.20 bits per heavy atom. The molecule has 0 aromatic heterocycles. The van der Waals surface area contributed by atoms with Gasteiger partial charge in [0.25, 0.3) is 0 Å². The molecule has 2 aromatic rings. The Bertz CT molecular complexity index is 1550. The first-order chi connectivity index (χ1) is 26.2. The van der Waals surface area contributed by atoms with Gasteiger partial charge in [-0.15, -0.1) is 0 Å². The van der Waals surface area contributed by atoms with Crippen LogP contribution < -0.4 is 21.7 Å². The molecule has 2 aliphatic rings. The largest absolute Gasteiger partial charge is 0.464 e. The standard InChI is InChI=1S/C23H38N4O7.C9H11N3O2.C7H8/c1-15-12-19(25(3)13-15)23(33)34-11-8-20(30)27-9-5-6-18(27)22(32)26(4)17(7-10-28)21(31)24-16(2)14-29;10-8(13)6-11-9(14)12-7-4-2-1-3-5-7;1-7-5-3-2-4-6-7/h14-19,28H,5-13H2,1-4H3,(H,24,31);1-5H,6H2,(H2,10,13)(H2,11,12,14);2-6H,1H3. The normalized spacial score (nSPS) is 18.5. The van der Waals surface area contributed by atoms with Gasteiger partial charge in [0.05, 0.1) is 19.0 Å². The van der Waals surface area contributed by atoms with E-state index in [0.29, 0.717) is 37.3 Å². The summed E-state index contributed by atoms with van der Waals surface area (Å²) in [5, 5.41) is 16.7. The smallest absolute Gasteiger partial charge is 0.323 e. The molecule has 302 valence electrons. The van der Waals surface area contributed by atoms with Gasteiger partial charge in [0, 0.05) is 32.4 Å². The van der Waals surface area contributed by atoms with Gasteiger partial charge in [0.15, 0.2) is 0 Å². The molecule has 0 spiro atoms. The van der Waals surface area contributed by atoms with Crippen LogP contribution in [0.4, 0.5) is 10.5 Å². The maximum absolute atomic E-state index is 13.2. The maximum atomic E-state index is 13.2. The van der Waals surface area contributed by atoms with Crippen molar-refractivity contribution in [3.8, 4) is 0 Å². The van der Waals surface area contributed by atoms with Crippen LogP contribution in [0.3, 0.4) is 0 Å². The third kappa shape index (κ3) is 16.3. The maximum Gasteiger partial charge on any atom is 0.323 e. The number of nitrogens with one attached hydrogen (secondary N) is 3. The molecule has 6 N–H and O–H groups in total. The number of para-hydroxylation sites is 1. The lowest BCUT2D eigenvalue weighted by atomic mass is 10.1. The predicted molar refractivity (Wildman–Crippen MR) is 206 cm³/mol. The van der Waals surface area contributed by atoms with E-state index in [-0.39, 0.29) is 50.5 Å². The zero-order chi connectivity index (χ0) is 40.9. The number of esters is 1. The lowest BCUT2D eigenvalue weighted by Crippen LogP contribution is -2.55. The molecule has 4 rings (SSSR count). The van der Waals surface area contributed by atoms with Gasteiger partial charge in [-0.25, -0.2) is 4.79 Å². The van der Waals surface area contributed by atoms with Crippen LogP contribution >= 0.6 is 0 Å². The van der Waals surface area contributed by atoms with Crippen LogP contribution in [0.1, 0.15) is 51.5 Å². The van der Waals surface area contributed by atoms with Crippen LogP contribution in [-0.2, 0) is 33.5 Å². The van der Waals surface area contributed by atoms with E-state index in [2.05, 4.69) is 41.9 Å². The third-order valence-corrected chi connectivity index (χ3v) is 8.94. The summed E-state index contributed by atoms with van der Waals surface area (Å²) in [7, 11) is 3.33. The topological polar surface area (TPSA) is 221 Å². The van der Waals surface area contributed by atoms with Gasteiger partial charge in [0.2, 0.25) is 23.6 Å². The fraction of sp³-hybridized carbons (Fsp3) is 0.513. The molecule has 2 aliphatic heterocycles. The van der Waals surface area contributed by atoms with E-state index in [1.54, 1.807) is 24.3 Å². The molecule has 2 fully saturated rings. The number of aliphatic hydroxyl groups excluding tert-OH is 1. The number of aliphatic hydroxyl groups is 1. The minimum Gasteiger partial charge on any atom is -0.464 e. The first-order valence-electron chi connectivity index (χ1n) is 18.4. The minimum atomic E-state index is -0.968. The van der Waals surface area contributed by atoms with E-state index in [1.807, 2.05) is 36.2 Å². The number of nitrogens with zero attached hydrogens (tertiary/aromatic N) is 3. The summed E-state index contributed by atoms with van der Waals surface area (Å²) in [4.78, 5) is 87.8. The van der Waals surface area contributed by atoms with Gasteiger partial charge < -0.3 is 46.1 Å². The summed E-state index contributed by atoms with van der Waals surface area (Å²) in [6.45, 7) is 6.36. The van der Waals surface area contributed by atoms with Gasteiger partial charge in [0.1, 0.15) is 31.0 Å². The average molecular weight is 768 g/mol. The van der Waals surface area contributed by atoms with Crippen molar-refractivity contribution in [2.75, 3.05) is 52.3 Å². The molecule has 0 radical (unpaired) electrons. The Hall–Kier alpha value is -5.35. The van der Waals surface area contributed by atoms with Crippen LogP contribution in [0, 0.1) is 12.8 Å². The van der Waals surface area contributed by atoms with Crippen LogP contribution in [0.2, 0.25) is 0 Å². The van der Waals surface area contributed by atoms with Gasteiger partial charge in [-0.3, -0.25) is 28.9 Å². The van der Waals surface area contributed by atoms with Gasteiger partial charge >= 0.3 is 12.0 Å². The molecule has 5 atom stereocenters. The third-order valence-electron chi connectivity index (χ3n) is 8.94. The number of aldehydes is 1. The fourth-order valence-electron chi connectivity index (χ4n) is 6.10. The Labute approximate surface area is 323 Å². The highest BCUT2D eigenvalue weighted by Crippen LogP contribution is 2.23. The molecule has 6 amide bonds. The summed E-state index contributed by atoms with van der Waals surface area (Å²) < 4.78 is 5.33. The number of hydrogen-bond acceptors (Lipinski definition) is 10. The van der Waals surface area contributed by atoms with Crippen molar-refractivity contribution in [2.45, 2.75) is 77.0 Å². The van der Waals surface area contributed by atoms with E-state index in [0.717, 1.165) is 13.0 Å². The summed E-state index contributed by atoms with van der Waals surface area (Å²) >= 11 is 0. The molecule has 16 nitrogen and oxygen atoms in total. The highest BCUT2D eigenvalue weighted by Gasteiger charge is 2.39. The molecular weight excluding hydrogens is 710 g/mol. The molecule has 2 heterocycles. The predicted octanol–water partition coefficient (Wildman–Crippen LogP) is 1.45. The van der Waals surface area contributed by atoms with Gasteiger partial charge in [-0.1, -0.05) is 61.0 Å². The number of likely N-dealkylation sites (N-methyl/N-ethyl adjacent to an activating group) is 2. The minimum absolute atomic E-state index is 0.00446. The molecule has 16 heteroatoms. The number of aryl methyl sites for hydroxylation is 1. The highest BCUT2D eigenvalue weighted by molar-refractivity contribution is 5.93. The zero-order valence-corrected chi connectivity index (χ0v) is 32.4. The average Bonchev–Trinajstić information content (AvgIpc) is 3.79. The Balaban J connectivity index is 0.000000402. The second kappa shape index (κ2) is 24.1. The Kier molecular flexibility index (Phi) is 20.1. The van der Waals surface area contributed by atoms with E-state index >= 15 is 0 Å². The number of ether oxygens (including phenoxy) is 1. The summed E-state index contributed by atoms with van der Waals surface area (Å²) in [5.41, 5.74) is 6.84. The first-order valence-corrected chi connectivity index (χ1v) is 18.4. The number of hydrogen-bond donors (Lipinski definition) is 5. The number of anilines is 1. The fourth-order valence-corrected chi connectivity index (χ4v) is 6.10. The van der Waals surface area contributed by atoms with Crippen molar-refractivity contribution in [3.05, 3.63) is 66.2 Å². The van der Waals surface area contributed by atoms with Gasteiger partial charge in [-0.2, -0.15) is 0 Å². The van der Waals surface area contributed by atoms with Crippen molar-refractivity contribution < 1.29 is 43.4 Å². The second-order valence-electron chi connectivity index (χ2n) is 13.7. The molecule has 2 saturated heterocycles. The summed E-state index contributed by atoms with van der Waals surface area (Å²) in [6.07, 6.45) is 2.38. The summed E-state index contributed by atoms with van der Waals surface area (Å²) in [6, 6.07) is 16.0. The van der Waals surface area contributed by atoms with Crippen LogP contribution in [0.15, 0.2) is 60.7 Å². The molecule has 2 aromatic carbocycles. The lowest BCUT2D eigenvalue weighted by molar-refractivity contribution is -0.151. The summed E-state index contributed by atoms with van der Waals surface area (Å²) in [5.74, 6) is -1.74. The monoisotopic (exact) mass is 767 g/mol. The number of amides is 6. The second-order valence-corrected chi connectivity index (χ2v) is 13.7. The number of carbonyl (C=O) groups is 7. The van der Waals surface area contributed by atoms with Crippen LogP contribution in [0.5, 0.6) is 0 Å². The van der Waals surface area contributed by atoms with Crippen LogP contribution in [-0.4, -0.2) is 133 Å². The molecule has 55 heavy (non-hydrogen) atoms. The van der Waals surface area contributed by atoms with Crippen molar-refractivity contribution in [2.24, 2.45) is 11.7 Å². The number of likely N-dealkylation sites (tertiary alicyclic amines) is 2. The van der Waals surface area contributed by atoms with E-state index in [1.165, 1.54) is 29.3 Å². The molecule has 0 bridgehead atoms. The zero-order valence-electron chi connectivity index (χ0n) is 32.4. The van der Waals surface area contributed by atoms with Crippen LogP contribution in [0.25, 0.3) is 0 Å². The van der Waals surface area contributed by atoms with E-state index in [9.17, 15) is 38.7 Å². The lowest BCUT2D eigenvalue weighted by Gasteiger charge is -2.32. The highest BCUT2D eigenvalue weighted by atomic mass is 16.5. The van der Waals surface area contributed by atoms with Crippen molar-refractivity contribution >= 4 is 47.6 Å². The first kappa shape index (κ1) is 45.8. The number of rotatable bonds is 14. The van der Waals surface area contributed by atoms with Crippen molar-refractivity contribution in [3.63, 3.8) is 0 Å². The molecule has 5 unspecified atom stereocenters. The number of primary amides is 1. The number of benzene rings is 2. The number of nitrogens with two attached hydrogens (primary N) is 1. The van der Waals surface area contributed by atoms with E-state index < -0.39 is 41.9 Å². The number of urea groups is 1. The van der Waals surface area contributed by atoms with E-state index in [4.69, 9.17) is 10.5 Å². The SMILES string of the molecule is CC1CC(C(=O)OCCC(=O)N2CCCC2C(=O)N(C)C(CCO)C(=O)NC(C)C=O)N(C)C1.Cc1ccccc1.NC(=O)CNC(=O)Nc1ccccc1. The molecular formula is C39H57N7O9. The Morgan fingerprint density at radius 2 is 1.67 bits per heavy atom.